The van der Waals surface area contributed by atoms with Crippen LogP contribution in [0.2, 0.25) is 0 Å². The molecule has 3 rings (SSSR count). The molecular weight excluding hydrogens is 390 g/mol. The molecule has 2 aromatic carbocycles. The van der Waals surface area contributed by atoms with Gasteiger partial charge in [0, 0.05) is 48.9 Å². The summed E-state index contributed by atoms with van der Waals surface area (Å²) in [6, 6.07) is 14.7. The van der Waals surface area contributed by atoms with Crippen LogP contribution in [0.25, 0.3) is 0 Å². The van der Waals surface area contributed by atoms with Crippen LogP contribution < -0.4 is 5.32 Å². The Kier molecular flexibility index (Phi) is 7.10. The van der Waals surface area contributed by atoms with Gasteiger partial charge in [-0.15, -0.1) is 0 Å². The minimum absolute atomic E-state index is 0.00709. The standard InChI is InChI=1S/C25H31N3O3/c1-17(2)19-5-7-20(8-6-19)24(30)27-13-15-28(16-14-27)25(31)21-9-11-22(12-10-21)26-23(29)18(3)4/h5-12,17-18H,13-16H2,1-4H3,(H,26,29). The minimum Gasteiger partial charge on any atom is -0.335 e. The third-order valence-corrected chi connectivity index (χ3v) is 5.60. The highest BCUT2D eigenvalue weighted by Crippen LogP contribution is 2.18. The van der Waals surface area contributed by atoms with Crippen molar-refractivity contribution in [3.63, 3.8) is 0 Å². The van der Waals surface area contributed by atoms with Crippen LogP contribution in [-0.4, -0.2) is 53.7 Å². The van der Waals surface area contributed by atoms with Crippen molar-refractivity contribution in [1.82, 2.24) is 9.80 Å². The highest BCUT2D eigenvalue weighted by atomic mass is 16.2. The molecule has 0 spiro atoms. The molecule has 6 heteroatoms. The van der Waals surface area contributed by atoms with Gasteiger partial charge >= 0.3 is 0 Å². The van der Waals surface area contributed by atoms with Gasteiger partial charge in [-0.2, -0.15) is 0 Å². The number of carbonyl (C=O) groups excluding carboxylic acids is 3. The first-order chi connectivity index (χ1) is 14.8. The number of hydrogen-bond donors (Lipinski definition) is 1. The lowest BCUT2D eigenvalue weighted by Gasteiger charge is -2.35. The Hall–Kier alpha value is -3.15. The summed E-state index contributed by atoms with van der Waals surface area (Å²) in [4.78, 5) is 41.0. The van der Waals surface area contributed by atoms with Crippen molar-refractivity contribution in [3.8, 4) is 0 Å². The van der Waals surface area contributed by atoms with E-state index in [1.54, 1.807) is 34.1 Å². The van der Waals surface area contributed by atoms with Crippen molar-refractivity contribution < 1.29 is 14.4 Å². The lowest BCUT2D eigenvalue weighted by Crippen LogP contribution is -2.50. The highest BCUT2D eigenvalue weighted by molar-refractivity contribution is 5.97. The van der Waals surface area contributed by atoms with Gasteiger partial charge in [0.1, 0.15) is 0 Å². The Morgan fingerprint density at radius 3 is 1.52 bits per heavy atom. The molecule has 164 valence electrons. The van der Waals surface area contributed by atoms with E-state index in [4.69, 9.17) is 0 Å². The maximum absolute atomic E-state index is 12.8. The van der Waals surface area contributed by atoms with Gasteiger partial charge in [0.15, 0.2) is 0 Å². The Balaban J connectivity index is 1.55. The van der Waals surface area contributed by atoms with Crippen molar-refractivity contribution in [1.29, 1.82) is 0 Å². The predicted octanol–water partition coefficient (Wildman–Crippen LogP) is 4.00. The normalized spacial score (nSPS) is 14.1. The fourth-order valence-corrected chi connectivity index (χ4v) is 3.47. The first-order valence-electron chi connectivity index (χ1n) is 10.9. The van der Waals surface area contributed by atoms with Crippen LogP contribution in [0.15, 0.2) is 48.5 Å². The smallest absolute Gasteiger partial charge is 0.253 e. The summed E-state index contributed by atoms with van der Waals surface area (Å²) in [5.41, 5.74) is 3.14. The van der Waals surface area contributed by atoms with Gasteiger partial charge in [-0.1, -0.05) is 39.8 Å². The second kappa shape index (κ2) is 9.77. The molecule has 1 N–H and O–H groups in total. The molecule has 1 aliphatic heterocycles. The molecule has 1 fully saturated rings. The summed E-state index contributed by atoms with van der Waals surface area (Å²) < 4.78 is 0. The number of hydrogen-bond acceptors (Lipinski definition) is 3. The molecule has 1 aliphatic rings. The third kappa shape index (κ3) is 5.51. The molecule has 0 radical (unpaired) electrons. The number of nitrogens with one attached hydrogen (secondary N) is 1. The van der Waals surface area contributed by atoms with E-state index in [-0.39, 0.29) is 23.6 Å². The van der Waals surface area contributed by atoms with E-state index >= 15 is 0 Å². The lowest BCUT2D eigenvalue weighted by molar-refractivity contribution is -0.118. The molecule has 6 nitrogen and oxygen atoms in total. The summed E-state index contributed by atoms with van der Waals surface area (Å²) in [5.74, 6) is 0.217. The minimum atomic E-state index is -0.103. The van der Waals surface area contributed by atoms with E-state index in [0.717, 1.165) is 0 Å². The van der Waals surface area contributed by atoms with Crippen LogP contribution in [-0.2, 0) is 4.79 Å². The largest absolute Gasteiger partial charge is 0.335 e. The number of amides is 3. The average Bonchev–Trinajstić information content (AvgIpc) is 2.78. The lowest BCUT2D eigenvalue weighted by atomic mass is 10.0. The van der Waals surface area contributed by atoms with Gasteiger partial charge in [0.05, 0.1) is 0 Å². The molecule has 1 saturated heterocycles. The molecule has 1 heterocycles. The zero-order chi connectivity index (χ0) is 22.5. The molecule has 0 bridgehead atoms. The van der Waals surface area contributed by atoms with E-state index in [1.807, 2.05) is 38.1 Å². The fourth-order valence-electron chi connectivity index (χ4n) is 3.47. The number of rotatable bonds is 5. The van der Waals surface area contributed by atoms with Gasteiger partial charge in [-0.25, -0.2) is 0 Å². The molecule has 0 saturated carbocycles. The number of nitrogens with zero attached hydrogens (tertiary/aromatic N) is 2. The molecule has 2 aromatic rings. The Labute approximate surface area is 184 Å². The van der Waals surface area contributed by atoms with E-state index in [0.29, 0.717) is 48.9 Å². The van der Waals surface area contributed by atoms with Crippen molar-refractivity contribution >= 4 is 23.4 Å². The van der Waals surface area contributed by atoms with E-state index in [1.165, 1.54) is 5.56 Å². The van der Waals surface area contributed by atoms with Crippen LogP contribution in [0.5, 0.6) is 0 Å². The quantitative estimate of drug-likeness (QED) is 0.793. The Bertz CT molecular complexity index is 925. The second-order valence-corrected chi connectivity index (χ2v) is 8.58. The van der Waals surface area contributed by atoms with Crippen molar-refractivity contribution in [2.24, 2.45) is 5.92 Å². The zero-order valence-corrected chi connectivity index (χ0v) is 18.7. The summed E-state index contributed by atoms with van der Waals surface area (Å²) in [5, 5.41) is 2.82. The zero-order valence-electron chi connectivity index (χ0n) is 18.7. The van der Waals surface area contributed by atoms with Gasteiger partial charge < -0.3 is 15.1 Å². The number of piperazine rings is 1. The van der Waals surface area contributed by atoms with Crippen molar-refractivity contribution in [2.75, 3.05) is 31.5 Å². The highest BCUT2D eigenvalue weighted by Gasteiger charge is 2.25. The Morgan fingerprint density at radius 2 is 1.13 bits per heavy atom. The summed E-state index contributed by atoms with van der Waals surface area (Å²) in [6.07, 6.45) is 0. The Morgan fingerprint density at radius 1 is 0.710 bits per heavy atom. The molecule has 0 unspecified atom stereocenters. The maximum atomic E-state index is 12.8. The SMILES string of the molecule is CC(C)C(=O)Nc1ccc(C(=O)N2CCN(C(=O)c3ccc(C(C)C)cc3)CC2)cc1. The topological polar surface area (TPSA) is 69.7 Å². The summed E-state index contributed by atoms with van der Waals surface area (Å²) in [7, 11) is 0. The first kappa shape index (κ1) is 22.5. The number of anilines is 1. The summed E-state index contributed by atoms with van der Waals surface area (Å²) >= 11 is 0. The number of benzene rings is 2. The van der Waals surface area contributed by atoms with E-state index in [2.05, 4.69) is 19.2 Å². The maximum Gasteiger partial charge on any atom is 0.253 e. The second-order valence-electron chi connectivity index (χ2n) is 8.58. The van der Waals surface area contributed by atoms with Gasteiger partial charge in [-0.05, 0) is 47.9 Å². The fraction of sp³-hybridized carbons (Fsp3) is 0.400. The molecule has 31 heavy (non-hydrogen) atoms. The van der Waals surface area contributed by atoms with Gasteiger partial charge in [0.2, 0.25) is 5.91 Å². The molecule has 0 atom stereocenters. The summed E-state index contributed by atoms with van der Waals surface area (Å²) in [6.45, 7) is 9.94. The van der Waals surface area contributed by atoms with Crippen molar-refractivity contribution in [2.45, 2.75) is 33.6 Å². The van der Waals surface area contributed by atoms with Gasteiger partial charge in [0.25, 0.3) is 11.8 Å². The van der Waals surface area contributed by atoms with Crippen LogP contribution in [0, 0.1) is 5.92 Å². The molecule has 0 aromatic heterocycles. The monoisotopic (exact) mass is 421 g/mol. The molecular formula is C25H31N3O3. The molecule has 3 amide bonds. The van der Waals surface area contributed by atoms with Crippen LogP contribution in [0.4, 0.5) is 5.69 Å². The van der Waals surface area contributed by atoms with Crippen molar-refractivity contribution in [3.05, 3.63) is 65.2 Å². The van der Waals surface area contributed by atoms with Crippen LogP contribution in [0.3, 0.4) is 0 Å². The van der Waals surface area contributed by atoms with Crippen LogP contribution in [0.1, 0.15) is 59.9 Å². The third-order valence-electron chi connectivity index (χ3n) is 5.60. The van der Waals surface area contributed by atoms with Gasteiger partial charge in [-0.3, -0.25) is 14.4 Å². The predicted molar refractivity (Wildman–Crippen MR) is 122 cm³/mol. The average molecular weight is 422 g/mol. The number of carbonyl (C=O) groups is 3. The first-order valence-corrected chi connectivity index (χ1v) is 10.9. The van der Waals surface area contributed by atoms with E-state index < -0.39 is 0 Å². The van der Waals surface area contributed by atoms with E-state index in [9.17, 15) is 14.4 Å². The van der Waals surface area contributed by atoms with Crippen LogP contribution >= 0.6 is 0 Å². The molecule has 0 aliphatic carbocycles.